The molecule has 0 aliphatic heterocycles. The lowest BCUT2D eigenvalue weighted by atomic mass is 9.96. The first-order valence-corrected chi connectivity index (χ1v) is 12.4. The molecule has 1 fully saturated rings. The average Bonchev–Trinajstić information content (AvgIpc) is 2.70. The predicted molar refractivity (Wildman–Crippen MR) is 121 cm³/mol. The van der Waals surface area contributed by atoms with Crippen molar-refractivity contribution in [2.75, 3.05) is 4.72 Å². The Morgan fingerprint density at radius 2 is 1.50 bits per heavy atom. The number of carbonyl (C=O) groups is 1. The topological polar surface area (TPSA) is 75.3 Å². The Morgan fingerprint density at radius 1 is 0.900 bits per heavy atom. The van der Waals surface area contributed by atoms with Crippen molar-refractivity contribution in [3.8, 4) is 0 Å². The van der Waals surface area contributed by atoms with E-state index in [0.717, 1.165) is 24.0 Å². The Kier molecular flexibility index (Phi) is 7.91. The zero-order chi connectivity index (χ0) is 21.4. The largest absolute Gasteiger partial charge is 0.353 e. The minimum absolute atomic E-state index is 0.0818. The summed E-state index contributed by atoms with van der Waals surface area (Å²) in [6.45, 7) is 1.95. The highest BCUT2D eigenvalue weighted by Crippen LogP contribution is 2.19. The molecule has 1 aliphatic carbocycles. The SMILES string of the molecule is Cc1ccc(NS(=O)(=O)c2ccc(CCC(=O)NC3CCCCCCC3)cc2)cc1. The van der Waals surface area contributed by atoms with Crippen LogP contribution in [-0.2, 0) is 21.2 Å². The molecular formula is C24H32N2O3S. The van der Waals surface area contributed by atoms with E-state index in [4.69, 9.17) is 0 Å². The summed E-state index contributed by atoms with van der Waals surface area (Å²) in [5.41, 5.74) is 2.56. The molecule has 1 aliphatic rings. The number of rotatable bonds is 7. The van der Waals surface area contributed by atoms with Crippen molar-refractivity contribution in [1.29, 1.82) is 0 Å². The zero-order valence-corrected chi connectivity index (χ0v) is 18.5. The smallest absolute Gasteiger partial charge is 0.261 e. The number of hydrogen-bond donors (Lipinski definition) is 2. The minimum atomic E-state index is -3.63. The third kappa shape index (κ3) is 6.87. The van der Waals surface area contributed by atoms with E-state index >= 15 is 0 Å². The van der Waals surface area contributed by atoms with Gasteiger partial charge >= 0.3 is 0 Å². The summed E-state index contributed by atoms with van der Waals surface area (Å²) in [5, 5.41) is 3.18. The number of aryl methyl sites for hydroxylation is 2. The van der Waals surface area contributed by atoms with E-state index in [2.05, 4.69) is 10.0 Å². The van der Waals surface area contributed by atoms with Gasteiger partial charge in [0.15, 0.2) is 0 Å². The van der Waals surface area contributed by atoms with Gasteiger partial charge in [0.25, 0.3) is 10.0 Å². The van der Waals surface area contributed by atoms with Crippen LogP contribution < -0.4 is 10.0 Å². The summed E-state index contributed by atoms with van der Waals surface area (Å²) in [6, 6.07) is 14.3. The van der Waals surface area contributed by atoms with Gasteiger partial charge in [-0.15, -0.1) is 0 Å². The average molecular weight is 429 g/mol. The van der Waals surface area contributed by atoms with E-state index in [1.165, 1.54) is 32.1 Å². The third-order valence-corrected chi connectivity index (χ3v) is 7.05. The highest BCUT2D eigenvalue weighted by atomic mass is 32.2. The summed E-state index contributed by atoms with van der Waals surface area (Å²) in [7, 11) is -3.63. The third-order valence-electron chi connectivity index (χ3n) is 5.65. The van der Waals surface area contributed by atoms with Gasteiger partial charge in [0, 0.05) is 18.2 Å². The first-order chi connectivity index (χ1) is 14.4. The number of anilines is 1. The van der Waals surface area contributed by atoms with Crippen molar-refractivity contribution in [2.24, 2.45) is 0 Å². The normalized spacial score (nSPS) is 15.8. The lowest BCUT2D eigenvalue weighted by Gasteiger charge is -2.21. The second kappa shape index (κ2) is 10.6. The maximum atomic E-state index is 12.6. The highest BCUT2D eigenvalue weighted by Gasteiger charge is 2.16. The van der Waals surface area contributed by atoms with Crippen LogP contribution in [0.4, 0.5) is 5.69 Å². The first-order valence-electron chi connectivity index (χ1n) is 10.9. The fourth-order valence-corrected chi connectivity index (χ4v) is 4.89. The van der Waals surface area contributed by atoms with Gasteiger partial charge in [0.2, 0.25) is 5.91 Å². The molecule has 2 aromatic carbocycles. The molecule has 0 spiro atoms. The van der Waals surface area contributed by atoms with Crippen LogP contribution in [0.15, 0.2) is 53.4 Å². The number of hydrogen-bond acceptors (Lipinski definition) is 3. The summed E-state index contributed by atoms with van der Waals surface area (Å²) < 4.78 is 27.7. The number of nitrogens with one attached hydrogen (secondary N) is 2. The molecule has 0 saturated heterocycles. The Labute approximate surface area is 180 Å². The second-order valence-electron chi connectivity index (χ2n) is 8.23. The van der Waals surface area contributed by atoms with Crippen LogP contribution in [-0.4, -0.2) is 20.4 Å². The van der Waals surface area contributed by atoms with Gasteiger partial charge in [0.05, 0.1) is 4.90 Å². The van der Waals surface area contributed by atoms with Gasteiger partial charge < -0.3 is 5.32 Å². The van der Waals surface area contributed by atoms with E-state index in [0.29, 0.717) is 24.6 Å². The van der Waals surface area contributed by atoms with Crippen LogP contribution in [0.1, 0.15) is 62.5 Å². The number of benzene rings is 2. The molecule has 0 atom stereocenters. The van der Waals surface area contributed by atoms with Crippen molar-refractivity contribution in [1.82, 2.24) is 5.32 Å². The first kappa shape index (κ1) is 22.3. The van der Waals surface area contributed by atoms with Crippen LogP contribution in [0.3, 0.4) is 0 Å². The summed E-state index contributed by atoms with van der Waals surface area (Å²) in [5.74, 6) is 0.0818. The van der Waals surface area contributed by atoms with Crippen LogP contribution in [0.5, 0.6) is 0 Å². The summed E-state index contributed by atoms with van der Waals surface area (Å²) in [4.78, 5) is 12.5. The van der Waals surface area contributed by atoms with Gasteiger partial charge in [-0.05, 0) is 56.0 Å². The molecule has 3 rings (SSSR count). The molecule has 0 radical (unpaired) electrons. The van der Waals surface area contributed by atoms with Crippen LogP contribution in [0, 0.1) is 6.92 Å². The molecule has 2 N–H and O–H groups in total. The van der Waals surface area contributed by atoms with Crippen LogP contribution >= 0.6 is 0 Å². The van der Waals surface area contributed by atoms with Crippen molar-refractivity contribution >= 4 is 21.6 Å². The second-order valence-corrected chi connectivity index (χ2v) is 9.91. The van der Waals surface area contributed by atoms with E-state index in [9.17, 15) is 13.2 Å². The standard InChI is InChI=1S/C24H32N2O3S/c1-19-9-14-22(15-10-19)26-30(28,29)23-16-11-20(12-17-23)13-18-24(27)25-21-7-5-3-2-4-6-8-21/h9-12,14-17,21,26H,2-8,13,18H2,1H3,(H,25,27). The molecular weight excluding hydrogens is 396 g/mol. The Hall–Kier alpha value is -2.34. The maximum absolute atomic E-state index is 12.6. The van der Waals surface area contributed by atoms with E-state index < -0.39 is 10.0 Å². The van der Waals surface area contributed by atoms with Crippen molar-refractivity contribution in [3.63, 3.8) is 0 Å². The molecule has 1 saturated carbocycles. The van der Waals surface area contributed by atoms with Crippen molar-refractivity contribution in [3.05, 3.63) is 59.7 Å². The fourth-order valence-electron chi connectivity index (χ4n) is 3.83. The number of carbonyl (C=O) groups excluding carboxylic acids is 1. The highest BCUT2D eigenvalue weighted by molar-refractivity contribution is 7.92. The summed E-state index contributed by atoms with van der Waals surface area (Å²) in [6.07, 6.45) is 9.40. The molecule has 0 bridgehead atoms. The molecule has 6 heteroatoms. The van der Waals surface area contributed by atoms with E-state index in [-0.39, 0.29) is 10.8 Å². The van der Waals surface area contributed by atoms with E-state index in [1.54, 1.807) is 36.4 Å². The monoisotopic (exact) mass is 428 g/mol. The van der Waals surface area contributed by atoms with Crippen molar-refractivity contribution < 1.29 is 13.2 Å². The number of amides is 1. The molecule has 1 amide bonds. The molecule has 5 nitrogen and oxygen atoms in total. The Morgan fingerprint density at radius 3 is 2.13 bits per heavy atom. The Bertz CT molecular complexity index is 914. The quantitative estimate of drug-likeness (QED) is 0.655. The molecule has 0 aromatic heterocycles. The van der Waals surface area contributed by atoms with Gasteiger partial charge in [-0.2, -0.15) is 0 Å². The summed E-state index contributed by atoms with van der Waals surface area (Å²) >= 11 is 0. The van der Waals surface area contributed by atoms with Gasteiger partial charge in [-0.25, -0.2) is 8.42 Å². The molecule has 0 heterocycles. The molecule has 2 aromatic rings. The Balaban J connectivity index is 1.51. The lowest BCUT2D eigenvalue weighted by Crippen LogP contribution is -2.35. The molecule has 0 unspecified atom stereocenters. The lowest BCUT2D eigenvalue weighted by molar-refractivity contribution is -0.121. The fraction of sp³-hybridized carbons (Fsp3) is 0.458. The minimum Gasteiger partial charge on any atom is -0.353 e. The zero-order valence-electron chi connectivity index (χ0n) is 17.7. The molecule has 30 heavy (non-hydrogen) atoms. The number of sulfonamides is 1. The van der Waals surface area contributed by atoms with Crippen molar-refractivity contribution in [2.45, 2.75) is 75.6 Å². The van der Waals surface area contributed by atoms with Gasteiger partial charge in [0.1, 0.15) is 0 Å². The van der Waals surface area contributed by atoms with E-state index in [1.807, 2.05) is 19.1 Å². The van der Waals surface area contributed by atoms with Crippen LogP contribution in [0.2, 0.25) is 0 Å². The molecule has 162 valence electrons. The van der Waals surface area contributed by atoms with Gasteiger partial charge in [-0.1, -0.05) is 61.9 Å². The predicted octanol–water partition coefficient (Wildman–Crippen LogP) is 4.96. The van der Waals surface area contributed by atoms with Crippen LogP contribution in [0.25, 0.3) is 0 Å². The maximum Gasteiger partial charge on any atom is 0.261 e. The van der Waals surface area contributed by atoms with Gasteiger partial charge in [-0.3, -0.25) is 9.52 Å².